The van der Waals surface area contributed by atoms with Gasteiger partial charge in [-0.3, -0.25) is 4.79 Å². The number of halogens is 1. The molecule has 2 aliphatic rings. The average molecular weight is 357 g/mol. The maximum absolute atomic E-state index is 12.2. The Balaban J connectivity index is 0.00000182. The molecule has 2 atom stereocenters. The Bertz CT molecular complexity index is 743. The van der Waals surface area contributed by atoms with Gasteiger partial charge in [-0.1, -0.05) is 24.3 Å². The summed E-state index contributed by atoms with van der Waals surface area (Å²) in [6, 6.07) is 16.3. The first-order valence-electron chi connectivity index (χ1n) is 8.91. The fourth-order valence-electron chi connectivity index (χ4n) is 3.37. The summed E-state index contributed by atoms with van der Waals surface area (Å²) in [5.74, 6) is 1.52. The van der Waals surface area contributed by atoms with Gasteiger partial charge in [0.25, 0.3) is 5.91 Å². The first-order chi connectivity index (χ1) is 11.7. The highest BCUT2D eigenvalue weighted by molar-refractivity contribution is 6.04. The van der Waals surface area contributed by atoms with E-state index in [-0.39, 0.29) is 18.3 Å². The van der Waals surface area contributed by atoms with E-state index in [1.54, 1.807) is 0 Å². The smallest absolute Gasteiger partial charge is 0.255 e. The normalized spacial score (nSPS) is 21.3. The van der Waals surface area contributed by atoms with Crippen molar-refractivity contribution in [1.29, 1.82) is 0 Å². The Labute approximate surface area is 155 Å². The van der Waals surface area contributed by atoms with Gasteiger partial charge in [0.15, 0.2) is 0 Å². The predicted octanol–water partition coefficient (Wildman–Crippen LogP) is 4.52. The summed E-state index contributed by atoms with van der Waals surface area (Å²) >= 11 is 0. The quantitative estimate of drug-likeness (QED) is 0.798. The minimum Gasteiger partial charge on any atom is -0.322 e. The van der Waals surface area contributed by atoms with Crippen LogP contribution in [-0.2, 0) is 0 Å². The number of hydrogen-bond donors (Lipinski definition) is 2. The fraction of sp³-hybridized carbons (Fsp3) is 0.381. The van der Waals surface area contributed by atoms with Crippen molar-refractivity contribution in [2.75, 3.05) is 11.9 Å². The molecule has 25 heavy (non-hydrogen) atoms. The highest BCUT2D eigenvalue weighted by Crippen LogP contribution is 2.43. The van der Waals surface area contributed by atoms with Gasteiger partial charge in [-0.2, -0.15) is 0 Å². The fourth-order valence-corrected chi connectivity index (χ4v) is 3.37. The maximum Gasteiger partial charge on any atom is 0.255 e. The molecule has 0 spiro atoms. The number of amides is 1. The molecule has 0 bridgehead atoms. The standard InChI is InChI=1S/C21H24N2O.ClH/c1-14-11-17(23-21(24)16-5-3-2-4-6-16)9-10-18(14)19-12-20(19)22-13-15-7-8-15;/h2-6,9-11,15,19-20,22H,7-8,12-13H2,1H3,(H,23,24);1H. The van der Waals surface area contributed by atoms with Crippen LogP contribution in [0.4, 0.5) is 5.69 Å². The molecule has 2 aromatic carbocycles. The van der Waals surface area contributed by atoms with Gasteiger partial charge < -0.3 is 10.6 Å². The number of benzene rings is 2. The van der Waals surface area contributed by atoms with Gasteiger partial charge in [0.2, 0.25) is 0 Å². The third-order valence-electron chi connectivity index (χ3n) is 5.12. The molecule has 2 fully saturated rings. The maximum atomic E-state index is 12.2. The largest absolute Gasteiger partial charge is 0.322 e. The van der Waals surface area contributed by atoms with Crippen LogP contribution in [0.3, 0.4) is 0 Å². The minimum atomic E-state index is -0.0573. The van der Waals surface area contributed by atoms with Crippen molar-refractivity contribution in [1.82, 2.24) is 5.32 Å². The summed E-state index contributed by atoms with van der Waals surface area (Å²) < 4.78 is 0. The lowest BCUT2D eigenvalue weighted by atomic mass is 10.0. The molecule has 0 aromatic heterocycles. The number of nitrogens with one attached hydrogen (secondary N) is 2. The van der Waals surface area contributed by atoms with Crippen LogP contribution in [0, 0.1) is 12.8 Å². The Morgan fingerprint density at radius 3 is 2.56 bits per heavy atom. The zero-order chi connectivity index (χ0) is 16.5. The monoisotopic (exact) mass is 356 g/mol. The zero-order valence-electron chi connectivity index (χ0n) is 14.5. The molecule has 0 radical (unpaired) electrons. The molecule has 1 amide bonds. The van der Waals surface area contributed by atoms with E-state index >= 15 is 0 Å². The van der Waals surface area contributed by atoms with E-state index in [1.807, 2.05) is 36.4 Å². The molecule has 0 heterocycles. The van der Waals surface area contributed by atoms with Crippen molar-refractivity contribution in [3.63, 3.8) is 0 Å². The Morgan fingerprint density at radius 2 is 1.88 bits per heavy atom. The first kappa shape index (κ1) is 18.0. The summed E-state index contributed by atoms with van der Waals surface area (Å²) in [4.78, 5) is 12.2. The molecule has 2 aromatic rings. The number of anilines is 1. The van der Waals surface area contributed by atoms with Crippen molar-refractivity contribution >= 4 is 24.0 Å². The minimum absolute atomic E-state index is 0. The van der Waals surface area contributed by atoms with Crippen LogP contribution in [0.1, 0.15) is 46.7 Å². The molecule has 4 heteroatoms. The summed E-state index contributed by atoms with van der Waals surface area (Å²) in [6.07, 6.45) is 4.04. The lowest BCUT2D eigenvalue weighted by Crippen LogP contribution is -2.20. The topological polar surface area (TPSA) is 41.1 Å². The van der Waals surface area contributed by atoms with Crippen molar-refractivity contribution in [3.05, 3.63) is 65.2 Å². The van der Waals surface area contributed by atoms with Crippen molar-refractivity contribution in [2.45, 2.75) is 38.1 Å². The second kappa shape index (κ2) is 7.59. The first-order valence-corrected chi connectivity index (χ1v) is 8.91. The van der Waals surface area contributed by atoms with Gasteiger partial charge in [0.05, 0.1) is 0 Å². The predicted molar refractivity (Wildman–Crippen MR) is 105 cm³/mol. The molecule has 2 N–H and O–H groups in total. The summed E-state index contributed by atoms with van der Waals surface area (Å²) in [7, 11) is 0. The molecule has 4 rings (SSSR count). The van der Waals surface area contributed by atoms with Gasteiger partial charge in [0.1, 0.15) is 0 Å². The van der Waals surface area contributed by atoms with Gasteiger partial charge in [0, 0.05) is 23.2 Å². The van der Waals surface area contributed by atoms with E-state index < -0.39 is 0 Å². The summed E-state index contributed by atoms with van der Waals surface area (Å²) in [5.41, 5.74) is 4.24. The lowest BCUT2D eigenvalue weighted by Gasteiger charge is -2.10. The number of rotatable bonds is 6. The van der Waals surface area contributed by atoms with E-state index in [2.05, 4.69) is 29.7 Å². The molecule has 0 saturated heterocycles. The van der Waals surface area contributed by atoms with E-state index in [1.165, 1.54) is 36.9 Å². The van der Waals surface area contributed by atoms with E-state index in [4.69, 9.17) is 0 Å². The van der Waals surface area contributed by atoms with Crippen LogP contribution in [0.5, 0.6) is 0 Å². The molecule has 0 aliphatic heterocycles. The van der Waals surface area contributed by atoms with Gasteiger partial charge in [-0.25, -0.2) is 0 Å². The lowest BCUT2D eigenvalue weighted by molar-refractivity contribution is 0.102. The summed E-state index contributed by atoms with van der Waals surface area (Å²) in [6.45, 7) is 3.33. The summed E-state index contributed by atoms with van der Waals surface area (Å²) in [5, 5.41) is 6.68. The molecule has 2 aliphatic carbocycles. The van der Waals surface area contributed by atoms with Crippen LogP contribution in [0.25, 0.3) is 0 Å². The second-order valence-electron chi connectivity index (χ2n) is 7.19. The van der Waals surface area contributed by atoms with Crippen molar-refractivity contribution in [2.24, 2.45) is 5.92 Å². The molecular weight excluding hydrogens is 332 g/mol. The van der Waals surface area contributed by atoms with Crippen molar-refractivity contribution in [3.8, 4) is 0 Å². The third kappa shape index (κ3) is 4.42. The number of aryl methyl sites for hydroxylation is 1. The molecular formula is C21H25ClN2O. The van der Waals surface area contributed by atoms with Crippen LogP contribution >= 0.6 is 12.4 Å². The van der Waals surface area contributed by atoms with Crippen LogP contribution in [-0.4, -0.2) is 18.5 Å². The second-order valence-corrected chi connectivity index (χ2v) is 7.19. The SMILES string of the molecule is Cc1cc(NC(=O)c2ccccc2)ccc1C1CC1NCC1CC1.Cl. The van der Waals surface area contributed by atoms with Crippen LogP contribution < -0.4 is 10.6 Å². The zero-order valence-corrected chi connectivity index (χ0v) is 15.3. The molecule has 3 nitrogen and oxygen atoms in total. The highest BCUT2D eigenvalue weighted by Gasteiger charge is 2.39. The third-order valence-corrected chi connectivity index (χ3v) is 5.12. The Hall–Kier alpha value is -1.84. The van der Waals surface area contributed by atoms with Crippen LogP contribution in [0.2, 0.25) is 0 Å². The highest BCUT2D eigenvalue weighted by atomic mass is 35.5. The van der Waals surface area contributed by atoms with Gasteiger partial charge in [-0.05, 0) is 74.0 Å². The number of hydrogen-bond acceptors (Lipinski definition) is 2. The van der Waals surface area contributed by atoms with E-state index in [9.17, 15) is 4.79 Å². The molecule has 2 unspecified atom stereocenters. The molecule has 2 saturated carbocycles. The van der Waals surface area contributed by atoms with Crippen LogP contribution in [0.15, 0.2) is 48.5 Å². The van der Waals surface area contributed by atoms with Gasteiger partial charge in [-0.15, -0.1) is 12.4 Å². The van der Waals surface area contributed by atoms with E-state index in [0.717, 1.165) is 11.6 Å². The Kier molecular flexibility index (Phi) is 5.45. The number of carbonyl (C=O) groups excluding carboxylic acids is 1. The Morgan fingerprint density at radius 1 is 1.12 bits per heavy atom. The number of carbonyl (C=O) groups is 1. The average Bonchev–Trinajstić information content (AvgIpc) is 3.49. The molecule has 132 valence electrons. The van der Waals surface area contributed by atoms with Gasteiger partial charge >= 0.3 is 0 Å². The van der Waals surface area contributed by atoms with E-state index in [0.29, 0.717) is 17.5 Å². The van der Waals surface area contributed by atoms with Crippen molar-refractivity contribution < 1.29 is 4.79 Å².